The first-order chi connectivity index (χ1) is 8.66. The zero-order valence-corrected chi connectivity index (χ0v) is 9.76. The lowest BCUT2D eigenvalue weighted by molar-refractivity contribution is 0.0690. The number of carbonyl (C=O) groups excluding carboxylic acids is 1. The molecule has 0 radical (unpaired) electrons. The molecule has 1 amide bonds. The second kappa shape index (κ2) is 7.05. The van der Waals surface area contributed by atoms with Crippen molar-refractivity contribution in [2.24, 2.45) is 0 Å². The first-order valence-electron chi connectivity index (χ1n) is 5.36. The molecule has 18 heavy (non-hydrogen) atoms. The number of aromatic nitrogens is 1. The molecule has 96 valence electrons. The highest BCUT2D eigenvalue weighted by Gasteiger charge is 2.16. The van der Waals surface area contributed by atoms with Crippen LogP contribution in [0.4, 0.5) is 0 Å². The Labute approximate surface area is 104 Å². The zero-order valence-electron chi connectivity index (χ0n) is 9.76. The minimum atomic E-state index is -1.18. The van der Waals surface area contributed by atoms with E-state index in [-0.39, 0.29) is 11.3 Å². The van der Waals surface area contributed by atoms with Gasteiger partial charge in [0.05, 0.1) is 18.4 Å². The largest absolute Gasteiger partial charge is 0.502 e. The van der Waals surface area contributed by atoms with Crippen LogP contribution >= 0.6 is 0 Å². The first kappa shape index (κ1) is 13.7. The third kappa shape index (κ3) is 3.89. The molecule has 1 heterocycles. The standard InChI is InChI=1S/C12H14N2O4/c1-2-18-8-4-7-14-11(15)10-9(12(16)17)5-3-6-13-10/h2-3,5-6H,1,4,7-8H2,(H,14,15)(H,16,17). The van der Waals surface area contributed by atoms with Crippen molar-refractivity contribution in [1.82, 2.24) is 10.3 Å². The van der Waals surface area contributed by atoms with E-state index < -0.39 is 11.9 Å². The van der Waals surface area contributed by atoms with Crippen molar-refractivity contribution in [3.05, 3.63) is 42.4 Å². The summed E-state index contributed by atoms with van der Waals surface area (Å²) in [6.45, 7) is 4.21. The van der Waals surface area contributed by atoms with E-state index in [1.807, 2.05) is 0 Å². The maximum Gasteiger partial charge on any atom is 0.338 e. The normalized spacial score (nSPS) is 9.56. The van der Waals surface area contributed by atoms with Gasteiger partial charge in [0.1, 0.15) is 5.69 Å². The predicted octanol–water partition coefficient (Wildman–Crippen LogP) is 1.06. The van der Waals surface area contributed by atoms with E-state index in [1.54, 1.807) is 0 Å². The highest BCUT2D eigenvalue weighted by atomic mass is 16.5. The number of nitrogens with one attached hydrogen (secondary N) is 1. The van der Waals surface area contributed by atoms with E-state index in [2.05, 4.69) is 16.9 Å². The van der Waals surface area contributed by atoms with Crippen LogP contribution in [0.5, 0.6) is 0 Å². The number of hydrogen-bond acceptors (Lipinski definition) is 4. The molecular formula is C12H14N2O4. The third-order valence-corrected chi connectivity index (χ3v) is 2.10. The van der Waals surface area contributed by atoms with Crippen LogP contribution in [0.15, 0.2) is 31.2 Å². The number of rotatable bonds is 7. The Morgan fingerprint density at radius 1 is 1.56 bits per heavy atom. The molecule has 0 saturated heterocycles. The Morgan fingerprint density at radius 2 is 2.33 bits per heavy atom. The maximum absolute atomic E-state index is 11.7. The quantitative estimate of drug-likeness (QED) is 0.558. The summed E-state index contributed by atoms with van der Waals surface area (Å²) in [5, 5.41) is 11.5. The number of amides is 1. The lowest BCUT2D eigenvalue weighted by atomic mass is 10.2. The first-order valence-corrected chi connectivity index (χ1v) is 5.36. The molecule has 0 aliphatic heterocycles. The highest BCUT2D eigenvalue weighted by molar-refractivity contribution is 6.03. The van der Waals surface area contributed by atoms with Crippen molar-refractivity contribution in [3.63, 3.8) is 0 Å². The Bertz CT molecular complexity index is 445. The number of carboxylic acid groups (broad SMARTS) is 1. The van der Waals surface area contributed by atoms with Crippen molar-refractivity contribution in [3.8, 4) is 0 Å². The van der Waals surface area contributed by atoms with Crippen molar-refractivity contribution < 1.29 is 19.4 Å². The number of hydrogen-bond donors (Lipinski definition) is 2. The molecule has 0 aromatic carbocycles. The van der Waals surface area contributed by atoms with Gasteiger partial charge in [0.25, 0.3) is 5.91 Å². The number of pyridine rings is 1. The summed E-state index contributed by atoms with van der Waals surface area (Å²) < 4.78 is 4.89. The lowest BCUT2D eigenvalue weighted by Crippen LogP contribution is -2.27. The molecule has 0 bridgehead atoms. The van der Waals surface area contributed by atoms with Crippen LogP contribution in [0.1, 0.15) is 27.3 Å². The number of nitrogens with zero attached hydrogens (tertiary/aromatic N) is 1. The minimum Gasteiger partial charge on any atom is -0.502 e. The molecule has 6 nitrogen and oxygen atoms in total. The summed E-state index contributed by atoms with van der Waals surface area (Å²) in [6.07, 6.45) is 3.30. The van der Waals surface area contributed by atoms with Crippen LogP contribution in [-0.2, 0) is 4.74 Å². The summed E-state index contributed by atoms with van der Waals surface area (Å²) in [5.41, 5.74) is -0.202. The fourth-order valence-electron chi connectivity index (χ4n) is 1.28. The van der Waals surface area contributed by atoms with E-state index in [0.29, 0.717) is 19.6 Å². The monoisotopic (exact) mass is 250 g/mol. The number of carbonyl (C=O) groups is 2. The molecular weight excluding hydrogens is 236 g/mol. The molecule has 0 saturated carbocycles. The van der Waals surface area contributed by atoms with E-state index in [1.165, 1.54) is 24.6 Å². The molecule has 1 aromatic rings. The molecule has 2 N–H and O–H groups in total. The van der Waals surface area contributed by atoms with Crippen LogP contribution in [0.3, 0.4) is 0 Å². The van der Waals surface area contributed by atoms with Crippen molar-refractivity contribution >= 4 is 11.9 Å². The molecule has 0 fully saturated rings. The predicted molar refractivity (Wildman–Crippen MR) is 64.3 cm³/mol. The van der Waals surface area contributed by atoms with Gasteiger partial charge in [-0.1, -0.05) is 6.58 Å². The Kier molecular flexibility index (Phi) is 5.37. The van der Waals surface area contributed by atoms with Crippen molar-refractivity contribution in [2.75, 3.05) is 13.2 Å². The van der Waals surface area contributed by atoms with Crippen LogP contribution in [0.2, 0.25) is 0 Å². The molecule has 6 heteroatoms. The van der Waals surface area contributed by atoms with E-state index in [4.69, 9.17) is 9.84 Å². The smallest absolute Gasteiger partial charge is 0.338 e. The van der Waals surface area contributed by atoms with Gasteiger partial charge in [0, 0.05) is 12.7 Å². The van der Waals surface area contributed by atoms with E-state index in [0.717, 1.165) is 0 Å². The summed E-state index contributed by atoms with van der Waals surface area (Å²) >= 11 is 0. The van der Waals surface area contributed by atoms with Gasteiger partial charge in [-0.3, -0.25) is 9.78 Å². The summed E-state index contributed by atoms with van der Waals surface area (Å²) in [4.78, 5) is 26.4. The van der Waals surface area contributed by atoms with Gasteiger partial charge < -0.3 is 15.2 Å². The minimum absolute atomic E-state index is 0.0883. The second-order valence-electron chi connectivity index (χ2n) is 3.35. The van der Waals surface area contributed by atoms with Gasteiger partial charge in [0.15, 0.2) is 0 Å². The number of ether oxygens (including phenoxy) is 1. The topological polar surface area (TPSA) is 88.5 Å². The Balaban J connectivity index is 2.56. The summed E-state index contributed by atoms with van der Waals surface area (Å²) in [6, 6.07) is 2.81. The van der Waals surface area contributed by atoms with Gasteiger partial charge >= 0.3 is 5.97 Å². The van der Waals surface area contributed by atoms with Crippen LogP contribution in [0.25, 0.3) is 0 Å². The Hall–Kier alpha value is -2.37. The van der Waals surface area contributed by atoms with Crippen LogP contribution < -0.4 is 5.32 Å². The summed E-state index contributed by atoms with van der Waals surface area (Å²) in [7, 11) is 0. The van der Waals surface area contributed by atoms with E-state index in [9.17, 15) is 9.59 Å². The SMILES string of the molecule is C=COCCCNC(=O)c1ncccc1C(=O)O. The van der Waals surface area contributed by atoms with Crippen LogP contribution in [-0.4, -0.2) is 35.1 Å². The third-order valence-electron chi connectivity index (χ3n) is 2.10. The van der Waals surface area contributed by atoms with Crippen molar-refractivity contribution in [2.45, 2.75) is 6.42 Å². The average molecular weight is 250 g/mol. The molecule has 0 atom stereocenters. The molecule has 1 aromatic heterocycles. The highest BCUT2D eigenvalue weighted by Crippen LogP contribution is 2.04. The molecule has 0 unspecified atom stereocenters. The number of aromatic carboxylic acids is 1. The van der Waals surface area contributed by atoms with Gasteiger partial charge in [0.2, 0.25) is 0 Å². The van der Waals surface area contributed by atoms with Gasteiger partial charge in [-0.15, -0.1) is 0 Å². The van der Waals surface area contributed by atoms with Gasteiger partial charge in [-0.2, -0.15) is 0 Å². The molecule has 0 spiro atoms. The fraction of sp³-hybridized carbons (Fsp3) is 0.250. The lowest BCUT2D eigenvalue weighted by Gasteiger charge is -2.06. The van der Waals surface area contributed by atoms with Crippen LogP contribution in [0, 0.1) is 0 Å². The van der Waals surface area contributed by atoms with Gasteiger partial charge in [-0.05, 0) is 18.6 Å². The maximum atomic E-state index is 11.7. The Morgan fingerprint density at radius 3 is 3.00 bits per heavy atom. The zero-order chi connectivity index (χ0) is 13.4. The molecule has 0 aliphatic carbocycles. The molecule has 0 aliphatic rings. The van der Waals surface area contributed by atoms with Gasteiger partial charge in [-0.25, -0.2) is 4.79 Å². The second-order valence-corrected chi connectivity index (χ2v) is 3.35. The van der Waals surface area contributed by atoms with Crippen molar-refractivity contribution in [1.29, 1.82) is 0 Å². The average Bonchev–Trinajstić information content (AvgIpc) is 2.38. The summed E-state index contributed by atoms with van der Waals surface area (Å²) in [5.74, 6) is -1.69. The van der Waals surface area contributed by atoms with E-state index >= 15 is 0 Å². The fourth-order valence-corrected chi connectivity index (χ4v) is 1.28. The number of carboxylic acids is 1. The molecule has 1 rings (SSSR count).